The van der Waals surface area contributed by atoms with Crippen LogP contribution in [0.1, 0.15) is 29.7 Å². The Morgan fingerprint density at radius 3 is 2.49 bits per heavy atom. The second kappa shape index (κ2) is 10.7. The zero-order valence-corrected chi connectivity index (χ0v) is 19.4. The maximum Gasteiger partial charge on any atom is 0.295 e. The SMILES string of the molecule is C=CCOc1ccc(C2C(=C(O)c3ccccc3)C(=O)C(=O)N2Cc2ccncc2)cc1OCC. The molecule has 2 aromatic carbocycles. The van der Waals surface area contributed by atoms with Crippen molar-refractivity contribution in [1.82, 2.24) is 9.88 Å². The molecule has 1 amide bonds. The molecule has 0 radical (unpaired) electrons. The van der Waals surface area contributed by atoms with Crippen LogP contribution >= 0.6 is 0 Å². The number of ketones is 1. The van der Waals surface area contributed by atoms with E-state index in [1.807, 2.05) is 13.0 Å². The number of aromatic nitrogens is 1. The lowest BCUT2D eigenvalue weighted by molar-refractivity contribution is -0.140. The van der Waals surface area contributed by atoms with Gasteiger partial charge >= 0.3 is 0 Å². The zero-order chi connectivity index (χ0) is 24.8. The largest absolute Gasteiger partial charge is 0.507 e. The van der Waals surface area contributed by atoms with Crippen LogP contribution in [0.15, 0.2) is 91.3 Å². The molecule has 1 aliphatic heterocycles. The average Bonchev–Trinajstić information content (AvgIpc) is 3.13. The predicted molar refractivity (Wildman–Crippen MR) is 132 cm³/mol. The Bertz CT molecular complexity index is 1250. The van der Waals surface area contributed by atoms with Gasteiger partial charge in [0.15, 0.2) is 11.5 Å². The molecule has 1 fully saturated rings. The maximum absolute atomic E-state index is 13.2. The van der Waals surface area contributed by atoms with E-state index < -0.39 is 17.7 Å². The molecule has 35 heavy (non-hydrogen) atoms. The van der Waals surface area contributed by atoms with E-state index >= 15 is 0 Å². The summed E-state index contributed by atoms with van der Waals surface area (Å²) in [6.07, 6.45) is 4.89. The van der Waals surface area contributed by atoms with E-state index in [0.29, 0.717) is 35.8 Å². The van der Waals surface area contributed by atoms with Gasteiger partial charge in [-0.3, -0.25) is 14.6 Å². The molecule has 4 rings (SSSR count). The third-order valence-corrected chi connectivity index (χ3v) is 5.63. The number of likely N-dealkylation sites (tertiary alicyclic amines) is 1. The minimum Gasteiger partial charge on any atom is -0.507 e. The summed E-state index contributed by atoms with van der Waals surface area (Å²) in [6, 6.07) is 16.7. The van der Waals surface area contributed by atoms with E-state index in [4.69, 9.17) is 9.47 Å². The quantitative estimate of drug-likeness (QED) is 0.212. The Kier molecular flexibility index (Phi) is 7.26. The molecule has 7 nitrogen and oxygen atoms in total. The lowest BCUT2D eigenvalue weighted by Gasteiger charge is -2.26. The van der Waals surface area contributed by atoms with Gasteiger partial charge in [-0.25, -0.2) is 0 Å². The Morgan fingerprint density at radius 2 is 1.80 bits per heavy atom. The molecule has 1 atom stereocenters. The number of rotatable bonds is 9. The molecule has 0 saturated carbocycles. The topological polar surface area (TPSA) is 89.0 Å². The number of hydrogen-bond donors (Lipinski definition) is 1. The van der Waals surface area contributed by atoms with Gasteiger partial charge in [0.25, 0.3) is 11.7 Å². The van der Waals surface area contributed by atoms with Crippen LogP contribution in [0, 0.1) is 0 Å². The minimum atomic E-state index is -0.823. The molecule has 7 heteroatoms. The summed E-state index contributed by atoms with van der Waals surface area (Å²) in [7, 11) is 0. The van der Waals surface area contributed by atoms with Crippen molar-refractivity contribution < 1.29 is 24.2 Å². The normalized spacial score (nSPS) is 16.8. The molecular formula is C28H26N2O5. The smallest absolute Gasteiger partial charge is 0.295 e. The first kappa shape index (κ1) is 23.8. The van der Waals surface area contributed by atoms with Gasteiger partial charge in [-0.15, -0.1) is 0 Å². The number of hydrogen-bond acceptors (Lipinski definition) is 6. The molecule has 1 N–H and O–H groups in total. The van der Waals surface area contributed by atoms with Gasteiger partial charge < -0.3 is 19.5 Å². The number of carbonyl (C=O) groups excluding carboxylic acids is 2. The number of ether oxygens (including phenoxy) is 2. The molecule has 0 spiro atoms. The fourth-order valence-electron chi connectivity index (χ4n) is 4.06. The van der Waals surface area contributed by atoms with Crippen molar-refractivity contribution in [1.29, 1.82) is 0 Å². The van der Waals surface area contributed by atoms with Gasteiger partial charge in [-0.1, -0.05) is 49.1 Å². The number of pyridine rings is 1. The van der Waals surface area contributed by atoms with Gasteiger partial charge in [0, 0.05) is 24.5 Å². The van der Waals surface area contributed by atoms with Gasteiger partial charge in [-0.05, 0) is 42.3 Å². The van der Waals surface area contributed by atoms with E-state index in [9.17, 15) is 14.7 Å². The Morgan fingerprint density at radius 1 is 1.06 bits per heavy atom. The number of nitrogens with zero attached hydrogens (tertiary/aromatic N) is 2. The molecule has 0 bridgehead atoms. The second-order valence-corrected chi connectivity index (χ2v) is 7.89. The van der Waals surface area contributed by atoms with Crippen LogP contribution in [0.5, 0.6) is 11.5 Å². The minimum absolute atomic E-state index is 0.0254. The van der Waals surface area contributed by atoms with Crippen LogP contribution < -0.4 is 9.47 Å². The first-order valence-electron chi connectivity index (χ1n) is 11.3. The van der Waals surface area contributed by atoms with Gasteiger partial charge in [0.1, 0.15) is 12.4 Å². The highest BCUT2D eigenvalue weighted by molar-refractivity contribution is 6.46. The van der Waals surface area contributed by atoms with E-state index in [1.54, 1.807) is 73.1 Å². The number of amides is 1. The third-order valence-electron chi connectivity index (χ3n) is 5.63. The Balaban J connectivity index is 1.86. The number of aliphatic hydroxyl groups excluding tert-OH is 1. The van der Waals surface area contributed by atoms with Gasteiger partial charge in [-0.2, -0.15) is 0 Å². The fourth-order valence-corrected chi connectivity index (χ4v) is 4.06. The van der Waals surface area contributed by atoms with Crippen molar-refractivity contribution in [2.75, 3.05) is 13.2 Å². The van der Waals surface area contributed by atoms with Gasteiger partial charge in [0.2, 0.25) is 0 Å². The highest BCUT2D eigenvalue weighted by atomic mass is 16.5. The first-order valence-corrected chi connectivity index (χ1v) is 11.3. The molecule has 1 aliphatic rings. The Labute approximate surface area is 203 Å². The molecule has 178 valence electrons. The molecular weight excluding hydrogens is 444 g/mol. The maximum atomic E-state index is 13.2. The zero-order valence-electron chi connectivity index (χ0n) is 19.4. The molecule has 2 heterocycles. The number of aliphatic hydroxyl groups is 1. The Hall–Kier alpha value is -4.39. The van der Waals surface area contributed by atoms with Crippen molar-refractivity contribution in [3.8, 4) is 11.5 Å². The van der Waals surface area contributed by atoms with Crippen molar-refractivity contribution in [2.24, 2.45) is 0 Å². The van der Waals surface area contributed by atoms with E-state index in [1.165, 1.54) is 4.90 Å². The molecule has 3 aromatic rings. The summed E-state index contributed by atoms with van der Waals surface area (Å²) in [6.45, 7) is 6.39. The fraction of sp³-hybridized carbons (Fsp3) is 0.179. The summed E-state index contributed by atoms with van der Waals surface area (Å²) in [5.41, 5.74) is 1.90. The van der Waals surface area contributed by atoms with Crippen molar-refractivity contribution in [2.45, 2.75) is 19.5 Å². The highest BCUT2D eigenvalue weighted by Crippen LogP contribution is 2.42. The van der Waals surface area contributed by atoms with Crippen LogP contribution in [-0.2, 0) is 16.1 Å². The number of benzene rings is 2. The predicted octanol–water partition coefficient (Wildman–Crippen LogP) is 4.67. The first-order chi connectivity index (χ1) is 17.0. The van der Waals surface area contributed by atoms with Crippen LogP contribution in [0.3, 0.4) is 0 Å². The second-order valence-electron chi connectivity index (χ2n) is 7.89. The lowest BCUT2D eigenvalue weighted by Crippen LogP contribution is -2.29. The third kappa shape index (κ3) is 4.94. The van der Waals surface area contributed by atoms with Crippen molar-refractivity contribution >= 4 is 17.4 Å². The summed E-state index contributed by atoms with van der Waals surface area (Å²) in [5, 5.41) is 11.2. The lowest BCUT2D eigenvalue weighted by atomic mass is 9.95. The summed E-state index contributed by atoms with van der Waals surface area (Å²) in [4.78, 5) is 31.9. The van der Waals surface area contributed by atoms with Crippen molar-refractivity contribution in [3.63, 3.8) is 0 Å². The van der Waals surface area contributed by atoms with Crippen LogP contribution in [-0.4, -0.2) is 39.9 Å². The van der Waals surface area contributed by atoms with Crippen LogP contribution in [0.2, 0.25) is 0 Å². The van der Waals surface area contributed by atoms with Crippen LogP contribution in [0.4, 0.5) is 0 Å². The average molecular weight is 471 g/mol. The standard InChI is InChI=1S/C28H26N2O5/c1-3-16-35-22-11-10-21(17-23(22)34-4-2)25-24(26(31)20-8-6-5-7-9-20)27(32)28(33)30(25)18-19-12-14-29-15-13-19/h3,5-15,17,25,31H,1,4,16,18H2,2H3. The number of Topliss-reactive ketones (excluding diaryl/α,β-unsaturated/α-hetero) is 1. The molecule has 1 unspecified atom stereocenters. The van der Waals surface area contributed by atoms with Gasteiger partial charge in [0.05, 0.1) is 18.2 Å². The number of carbonyl (C=O) groups is 2. The molecule has 0 aliphatic carbocycles. The van der Waals surface area contributed by atoms with E-state index in [-0.39, 0.29) is 17.9 Å². The van der Waals surface area contributed by atoms with E-state index in [0.717, 1.165) is 5.56 Å². The summed E-state index contributed by atoms with van der Waals surface area (Å²) >= 11 is 0. The molecule has 1 saturated heterocycles. The van der Waals surface area contributed by atoms with Crippen molar-refractivity contribution in [3.05, 3.63) is 108 Å². The monoisotopic (exact) mass is 470 g/mol. The summed E-state index contributed by atoms with van der Waals surface area (Å²) < 4.78 is 11.5. The van der Waals surface area contributed by atoms with Crippen LogP contribution in [0.25, 0.3) is 5.76 Å². The summed E-state index contributed by atoms with van der Waals surface area (Å²) in [5.74, 6) is -0.661. The highest BCUT2D eigenvalue weighted by Gasteiger charge is 2.46. The van der Waals surface area contributed by atoms with E-state index in [2.05, 4.69) is 11.6 Å². The molecule has 1 aromatic heterocycles.